The van der Waals surface area contributed by atoms with E-state index in [2.05, 4.69) is 43.9 Å². The standard InChI is InChI=1S/C16H15IN4O3/c1-3-5-24-15-11(17)6-10(7-13(15)23-4-2)12-8-14(22)20-16-18-9-19-21(12)16/h1,6-7,9,12H,4-5,8H2,2H3,(H,18,19,20,22)/t12-/m1/s1. The summed E-state index contributed by atoms with van der Waals surface area (Å²) in [4.78, 5) is 16.0. The number of benzene rings is 1. The van der Waals surface area contributed by atoms with Crippen LogP contribution in [0.2, 0.25) is 0 Å². The zero-order valence-corrected chi connectivity index (χ0v) is 15.1. The maximum atomic E-state index is 11.9. The van der Waals surface area contributed by atoms with Gasteiger partial charge in [-0.15, -0.1) is 6.42 Å². The summed E-state index contributed by atoms with van der Waals surface area (Å²) in [5.41, 5.74) is 0.900. The average molecular weight is 438 g/mol. The molecule has 1 aliphatic heterocycles. The van der Waals surface area contributed by atoms with Crippen LogP contribution in [0.3, 0.4) is 0 Å². The van der Waals surface area contributed by atoms with Crippen LogP contribution in [-0.4, -0.2) is 33.9 Å². The molecule has 0 unspecified atom stereocenters. The molecule has 1 aromatic heterocycles. The zero-order valence-electron chi connectivity index (χ0n) is 13.0. The van der Waals surface area contributed by atoms with Crippen LogP contribution in [0.15, 0.2) is 18.5 Å². The molecule has 124 valence electrons. The lowest BCUT2D eigenvalue weighted by Crippen LogP contribution is -2.29. The summed E-state index contributed by atoms with van der Waals surface area (Å²) < 4.78 is 13.9. The molecular weight excluding hydrogens is 423 g/mol. The molecule has 3 rings (SSSR count). The number of aromatic nitrogens is 3. The molecule has 8 heteroatoms. The molecule has 1 aromatic carbocycles. The molecule has 2 aromatic rings. The van der Waals surface area contributed by atoms with Gasteiger partial charge in [-0.05, 0) is 47.2 Å². The Hall–Kier alpha value is -2.28. The summed E-state index contributed by atoms with van der Waals surface area (Å²) in [7, 11) is 0. The molecule has 0 bridgehead atoms. The number of terminal acetylenes is 1. The third-order valence-corrected chi connectivity index (χ3v) is 4.32. The number of carbonyl (C=O) groups is 1. The Morgan fingerprint density at radius 3 is 3.08 bits per heavy atom. The van der Waals surface area contributed by atoms with Crippen molar-refractivity contribution in [2.24, 2.45) is 0 Å². The van der Waals surface area contributed by atoms with E-state index in [4.69, 9.17) is 15.9 Å². The minimum absolute atomic E-state index is 0.0962. The average Bonchev–Trinajstić information content (AvgIpc) is 3.01. The van der Waals surface area contributed by atoms with Crippen molar-refractivity contribution in [3.05, 3.63) is 27.6 Å². The van der Waals surface area contributed by atoms with E-state index < -0.39 is 0 Å². The Morgan fingerprint density at radius 2 is 2.33 bits per heavy atom. The van der Waals surface area contributed by atoms with Gasteiger partial charge in [-0.2, -0.15) is 10.1 Å². The number of anilines is 1. The van der Waals surface area contributed by atoms with Gasteiger partial charge in [0.05, 0.1) is 22.6 Å². The number of hydrogen-bond acceptors (Lipinski definition) is 5. The summed E-state index contributed by atoms with van der Waals surface area (Å²) in [6.45, 7) is 2.55. The molecule has 0 saturated heterocycles. The SMILES string of the molecule is C#CCOc1c(I)cc([C@H]2CC(=O)Nc3ncnn32)cc1OCC. The van der Waals surface area contributed by atoms with E-state index in [1.807, 2.05) is 19.1 Å². The summed E-state index contributed by atoms with van der Waals surface area (Å²) in [6, 6.07) is 3.57. The van der Waals surface area contributed by atoms with E-state index in [-0.39, 0.29) is 25.0 Å². The number of hydrogen-bond donors (Lipinski definition) is 1. The number of fused-ring (bicyclic) bond motifs is 1. The topological polar surface area (TPSA) is 78.3 Å². The molecular formula is C16H15IN4O3. The zero-order chi connectivity index (χ0) is 17.1. The fourth-order valence-corrected chi connectivity index (χ4v) is 3.34. The predicted octanol–water partition coefficient (Wildman–Crippen LogP) is 2.23. The Kier molecular flexibility index (Phi) is 4.89. The molecule has 0 aliphatic carbocycles. The molecule has 0 radical (unpaired) electrons. The first-order chi connectivity index (χ1) is 11.6. The third kappa shape index (κ3) is 3.17. The van der Waals surface area contributed by atoms with Gasteiger partial charge in [-0.25, -0.2) is 4.68 Å². The van der Waals surface area contributed by atoms with Crippen molar-refractivity contribution in [3.63, 3.8) is 0 Å². The molecule has 2 heterocycles. The summed E-state index contributed by atoms with van der Waals surface area (Å²) in [6.07, 6.45) is 6.98. The van der Waals surface area contributed by atoms with E-state index in [0.29, 0.717) is 24.1 Å². The second-order valence-electron chi connectivity index (χ2n) is 5.05. The molecule has 24 heavy (non-hydrogen) atoms. The van der Waals surface area contributed by atoms with Crippen molar-refractivity contribution in [1.29, 1.82) is 0 Å². The van der Waals surface area contributed by atoms with Gasteiger partial charge in [0.1, 0.15) is 12.9 Å². The predicted molar refractivity (Wildman–Crippen MR) is 96.1 cm³/mol. The third-order valence-electron chi connectivity index (χ3n) is 3.51. The van der Waals surface area contributed by atoms with Gasteiger partial charge in [-0.1, -0.05) is 5.92 Å². The number of halogens is 1. The number of carbonyl (C=O) groups excluding carboxylic acids is 1. The lowest BCUT2D eigenvalue weighted by atomic mass is 10.0. The molecule has 1 amide bonds. The Bertz CT molecular complexity index is 812. The molecule has 0 saturated carbocycles. The summed E-state index contributed by atoms with van der Waals surface area (Å²) in [5, 5.41) is 6.92. The van der Waals surface area contributed by atoms with Crippen molar-refractivity contribution in [3.8, 4) is 23.8 Å². The molecule has 1 atom stereocenters. The van der Waals surface area contributed by atoms with Crippen molar-refractivity contribution in [2.45, 2.75) is 19.4 Å². The van der Waals surface area contributed by atoms with Gasteiger partial charge < -0.3 is 9.47 Å². The highest BCUT2D eigenvalue weighted by Crippen LogP contribution is 2.38. The van der Waals surface area contributed by atoms with Crippen LogP contribution in [0.1, 0.15) is 24.9 Å². The first kappa shape index (κ1) is 16.6. The lowest BCUT2D eigenvalue weighted by molar-refractivity contribution is -0.117. The van der Waals surface area contributed by atoms with Crippen LogP contribution in [0, 0.1) is 15.9 Å². The normalized spacial score (nSPS) is 16.0. The molecule has 0 spiro atoms. The second kappa shape index (κ2) is 7.09. The number of ether oxygens (including phenoxy) is 2. The van der Waals surface area contributed by atoms with Gasteiger partial charge in [0.25, 0.3) is 0 Å². The minimum Gasteiger partial charge on any atom is -0.490 e. The number of nitrogens with one attached hydrogen (secondary N) is 1. The molecule has 1 N–H and O–H groups in total. The van der Waals surface area contributed by atoms with E-state index in [0.717, 1.165) is 9.13 Å². The number of amides is 1. The van der Waals surface area contributed by atoms with Gasteiger partial charge in [0.15, 0.2) is 11.5 Å². The smallest absolute Gasteiger partial charge is 0.229 e. The van der Waals surface area contributed by atoms with E-state index >= 15 is 0 Å². The van der Waals surface area contributed by atoms with Crippen LogP contribution in [0.25, 0.3) is 0 Å². The van der Waals surface area contributed by atoms with Gasteiger partial charge >= 0.3 is 0 Å². The van der Waals surface area contributed by atoms with Gasteiger partial charge in [0.2, 0.25) is 11.9 Å². The first-order valence-electron chi connectivity index (χ1n) is 7.36. The fraction of sp³-hybridized carbons (Fsp3) is 0.312. The van der Waals surface area contributed by atoms with Crippen LogP contribution < -0.4 is 14.8 Å². The Balaban J connectivity index is 2.03. The van der Waals surface area contributed by atoms with Crippen LogP contribution >= 0.6 is 22.6 Å². The van der Waals surface area contributed by atoms with Gasteiger partial charge in [0, 0.05) is 0 Å². The molecule has 1 aliphatic rings. The second-order valence-corrected chi connectivity index (χ2v) is 6.21. The van der Waals surface area contributed by atoms with Crippen molar-refractivity contribution in [1.82, 2.24) is 14.8 Å². The quantitative estimate of drug-likeness (QED) is 0.573. The maximum Gasteiger partial charge on any atom is 0.229 e. The van der Waals surface area contributed by atoms with Gasteiger partial charge in [-0.3, -0.25) is 10.1 Å². The fourth-order valence-electron chi connectivity index (χ4n) is 2.56. The maximum absolute atomic E-state index is 11.9. The number of nitrogens with zero attached hydrogens (tertiary/aromatic N) is 3. The highest BCUT2D eigenvalue weighted by Gasteiger charge is 2.29. The van der Waals surface area contributed by atoms with Crippen LogP contribution in [-0.2, 0) is 4.79 Å². The van der Waals surface area contributed by atoms with Crippen molar-refractivity contribution in [2.75, 3.05) is 18.5 Å². The largest absolute Gasteiger partial charge is 0.490 e. The molecule has 0 fully saturated rings. The number of rotatable bonds is 5. The first-order valence-corrected chi connectivity index (χ1v) is 8.43. The monoisotopic (exact) mass is 438 g/mol. The summed E-state index contributed by atoms with van der Waals surface area (Å²) in [5.74, 6) is 4.00. The lowest BCUT2D eigenvalue weighted by Gasteiger charge is -2.25. The summed E-state index contributed by atoms with van der Waals surface area (Å²) >= 11 is 2.17. The van der Waals surface area contributed by atoms with E-state index in [1.54, 1.807) is 4.68 Å². The Morgan fingerprint density at radius 1 is 1.50 bits per heavy atom. The van der Waals surface area contributed by atoms with E-state index in [9.17, 15) is 4.79 Å². The van der Waals surface area contributed by atoms with Crippen molar-refractivity contribution < 1.29 is 14.3 Å². The highest BCUT2D eigenvalue weighted by atomic mass is 127. The minimum atomic E-state index is -0.245. The molecule has 7 nitrogen and oxygen atoms in total. The highest BCUT2D eigenvalue weighted by molar-refractivity contribution is 14.1. The van der Waals surface area contributed by atoms with E-state index in [1.165, 1.54) is 6.33 Å². The Labute approximate surface area is 152 Å². The van der Waals surface area contributed by atoms with Crippen LogP contribution in [0.4, 0.5) is 5.95 Å². The van der Waals surface area contributed by atoms with Crippen LogP contribution in [0.5, 0.6) is 11.5 Å². The van der Waals surface area contributed by atoms with Crippen molar-refractivity contribution >= 4 is 34.4 Å².